The van der Waals surface area contributed by atoms with E-state index in [4.69, 9.17) is 23.2 Å². The molecule has 0 aliphatic rings. The molecule has 0 radical (unpaired) electrons. The highest BCUT2D eigenvalue weighted by molar-refractivity contribution is 6.31. The number of hydrogen-bond donors (Lipinski definition) is 1. The Bertz CT molecular complexity index is 811. The molecule has 2 aromatic carbocycles. The van der Waals surface area contributed by atoms with Gasteiger partial charge in [0.15, 0.2) is 0 Å². The number of amides is 2. The summed E-state index contributed by atoms with van der Waals surface area (Å²) >= 11 is 12.5. The first kappa shape index (κ1) is 22.3. The third-order valence-corrected chi connectivity index (χ3v) is 5.33. The van der Waals surface area contributed by atoms with Crippen LogP contribution in [-0.2, 0) is 22.6 Å². The molecule has 0 aliphatic carbocycles. The Morgan fingerprint density at radius 3 is 2.14 bits per heavy atom. The molecule has 1 atom stereocenters. The Morgan fingerprint density at radius 1 is 1.00 bits per heavy atom. The van der Waals surface area contributed by atoms with Gasteiger partial charge in [-0.3, -0.25) is 9.59 Å². The van der Waals surface area contributed by atoms with Crippen molar-refractivity contribution < 1.29 is 9.59 Å². The van der Waals surface area contributed by atoms with Gasteiger partial charge in [-0.05, 0) is 36.6 Å². The topological polar surface area (TPSA) is 49.4 Å². The predicted octanol–water partition coefficient (Wildman–Crippen LogP) is 4.87. The van der Waals surface area contributed by atoms with Gasteiger partial charge in [-0.2, -0.15) is 0 Å². The monoisotopic (exact) mass is 420 g/mol. The van der Waals surface area contributed by atoms with E-state index in [2.05, 4.69) is 12.2 Å². The van der Waals surface area contributed by atoms with Crippen LogP contribution in [0.3, 0.4) is 0 Å². The molecule has 0 saturated heterocycles. The van der Waals surface area contributed by atoms with Crippen molar-refractivity contribution in [1.29, 1.82) is 0 Å². The molecule has 2 amide bonds. The minimum Gasteiger partial charge on any atom is -0.354 e. The molecule has 0 aromatic heterocycles. The highest BCUT2D eigenvalue weighted by Crippen LogP contribution is 2.21. The molecular formula is C22H26Cl2N2O2. The fourth-order valence-electron chi connectivity index (χ4n) is 2.84. The average Bonchev–Trinajstić information content (AvgIpc) is 2.68. The lowest BCUT2D eigenvalue weighted by Gasteiger charge is -2.29. The summed E-state index contributed by atoms with van der Waals surface area (Å²) in [6, 6.07) is 14.0. The smallest absolute Gasteiger partial charge is 0.242 e. The summed E-state index contributed by atoms with van der Waals surface area (Å²) in [5.41, 5.74) is 1.53. The Hall–Kier alpha value is -2.04. The third-order valence-electron chi connectivity index (χ3n) is 4.59. The number of hydrogen-bond acceptors (Lipinski definition) is 2. The summed E-state index contributed by atoms with van der Waals surface area (Å²) in [6.07, 6.45) is 2.01. The zero-order chi connectivity index (χ0) is 20.5. The first-order valence-electron chi connectivity index (χ1n) is 9.48. The van der Waals surface area contributed by atoms with E-state index in [9.17, 15) is 9.59 Å². The van der Waals surface area contributed by atoms with Crippen LogP contribution < -0.4 is 5.32 Å². The van der Waals surface area contributed by atoms with Gasteiger partial charge in [0, 0.05) is 23.1 Å². The number of unbranched alkanes of at least 4 members (excludes halogenated alkanes) is 1. The normalized spacial score (nSPS) is 11.7. The van der Waals surface area contributed by atoms with Gasteiger partial charge in [-0.15, -0.1) is 0 Å². The van der Waals surface area contributed by atoms with Crippen LogP contribution in [-0.4, -0.2) is 29.3 Å². The molecule has 2 aromatic rings. The van der Waals surface area contributed by atoms with Crippen LogP contribution in [0.4, 0.5) is 0 Å². The highest BCUT2D eigenvalue weighted by atomic mass is 35.5. The molecule has 0 heterocycles. The predicted molar refractivity (Wildman–Crippen MR) is 115 cm³/mol. The first-order chi connectivity index (χ1) is 13.4. The van der Waals surface area contributed by atoms with Gasteiger partial charge in [0.2, 0.25) is 11.8 Å². The van der Waals surface area contributed by atoms with Crippen molar-refractivity contribution in [3.05, 3.63) is 69.7 Å². The van der Waals surface area contributed by atoms with Crippen LogP contribution in [0.2, 0.25) is 10.0 Å². The van der Waals surface area contributed by atoms with Crippen molar-refractivity contribution >= 4 is 35.0 Å². The molecule has 1 N–H and O–H groups in total. The zero-order valence-electron chi connectivity index (χ0n) is 16.3. The molecule has 28 heavy (non-hydrogen) atoms. The molecule has 1 unspecified atom stereocenters. The third kappa shape index (κ3) is 6.25. The van der Waals surface area contributed by atoms with E-state index in [1.54, 1.807) is 24.0 Å². The number of benzene rings is 2. The van der Waals surface area contributed by atoms with Gasteiger partial charge in [0.1, 0.15) is 6.04 Å². The van der Waals surface area contributed by atoms with E-state index in [-0.39, 0.29) is 24.8 Å². The van der Waals surface area contributed by atoms with Crippen molar-refractivity contribution in [2.75, 3.05) is 6.54 Å². The molecule has 0 spiro atoms. The molecule has 150 valence electrons. The second-order valence-corrected chi connectivity index (χ2v) is 7.52. The lowest BCUT2D eigenvalue weighted by atomic mass is 10.1. The van der Waals surface area contributed by atoms with Crippen molar-refractivity contribution in [2.24, 2.45) is 0 Å². The lowest BCUT2D eigenvalue weighted by molar-refractivity contribution is -0.140. The molecular weight excluding hydrogens is 395 g/mol. The number of carbonyl (C=O) groups excluding carboxylic acids is 2. The SMILES string of the molecule is CCCCNC(=O)C(C)N(Cc1ccccc1Cl)C(=O)Cc1ccccc1Cl. The van der Waals surface area contributed by atoms with Gasteiger partial charge in [0.05, 0.1) is 6.42 Å². The van der Waals surface area contributed by atoms with E-state index in [0.29, 0.717) is 16.6 Å². The second kappa shape index (κ2) is 11.1. The number of carbonyl (C=O) groups is 2. The Morgan fingerprint density at radius 2 is 1.57 bits per heavy atom. The first-order valence-corrected chi connectivity index (χ1v) is 10.2. The van der Waals surface area contributed by atoms with Crippen LogP contribution >= 0.6 is 23.2 Å². The van der Waals surface area contributed by atoms with E-state index in [1.807, 2.05) is 36.4 Å². The standard InChI is InChI=1S/C22H26Cl2N2O2/c1-3-4-13-25-22(28)16(2)26(15-18-10-6-8-12-20(18)24)21(27)14-17-9-5-7-11-19(17)23/h5-12,16H,3-4,13-15H2,1-2H3,(H,25,28). The van der Waals surface area contributed by atoms with E-state index >= 15 is 0 Å². The molecule has 4 nitrogen and oxygen atoms in total. The minimum absolute atomic E-state index is 0.122. The summed E-state index contributed by atoms with van der Waals surface area (Å²) in [7, 11) is 0. The van der Waals surface area contributed by atoms with Gasteiger partial charge in [0.25, 0.3) is 0 Å². The summed E-state index contributed by atoms with van der Waals surface area (Å²) < 4.78 is 0. The largest absolute Gasteiger partial charge is 0.354 e. The fourth-order valence-corrected chi connectivity index (χ4v) is 3.23. The Labute approximate surface area is 176 Å². The van der Waals surface area contributed by atoms with Crippen molar-refractivity contribution in [2.45, 2.75) is 45.7 Å². The highest BCUT2D eigenvalue weighted by Gasteiger charge is 2.26. The maximum Gasteiger partial charge on any atom is 0.242 e. The average molecular weight is 421 g/mol. The van der Waals surface area contributed by atoms with Crippen LogP contribution in [0.15, 0.2) is 48.5 Å². The second-order valence-electron chi connectivity index (χ2n) is 6.70. The lowest BCUT2D eigenvalue weighted by Crippen LogP contribution is -2.48. The Balaban J connectivity index is 2.22. The number of nitrogens with zero attached hydrogens (tertiary/aromatic N) is 1. The van der Waals surface area contributed by atoms with E-state index in [1.165, 1.54) is 0 Å². The maximum absolute atomic E-state index is 13.1. The summed E-state index contributed by atoms with van der Waals surface area (Å²) in [6.45, 7) is 4.65. The molecule has 0 bridgehead atoms. The fraction of sp³-hybridized carbons (Fsp3) is 0.364. The van der Waals surface area contributed by atoms with E-state index in [0.717, 1.165) is 24.0 Å². The van der Waals surface area contributed by atoms with Gasteiger partial charge in [-0.25, -0.2) is 0 Å². The number of rotatable bonds is 9. The summed E-state index contributed by atoms with van der Waals surface area (Å²) in [5.74, 6) is -0.348. The molecule has 6 heteroatoms. The van der Waals surface area contributed by atoms with Crippen LogP contribution in [0, 0.1) is 0 Å². The molecule has 0 fully saturated rings. The van der Waals surface area contributed by atoms with Crippen molar-refractivity contribution in [3.8, 4) is 0 Å². The van der Waals surface area contributed by atoms with Crippen LogP contribution in [0.1, 0.15) is 37.8 Å². The Kier molecular flexibility index (Phi) is 8.81. The van der Waals surface area contributed by atoms with Gasteiger partial charge < -0.3 is 10.2 Å². The zero-order valence-corrected chi connectivity index (χ0v) is 17.8. The molecule has 0 saturated carbocycles. The maximum atomic E-state index is 13.1. The molecule has 0 aliphatic heterocycles. The minimum atomic E-state index is -0.622. The van der Waals surface area contributed by atoms with Crippen LogP contribution in [0.25, 0.3) is 0 Å². The number of halogens is 2. The van der Waals surface area contributed by atoms with E-state index < -0.39 is 6.04 Å². The summed E-state index contributed by atoms with van der Waals surface area (Å²) in [4.78, 5) is 27.3. The van der Waals surface area contributed by atoms with Gasteiger partial charge in [-0.1, -0.05) is 72.9 Å². The molecule has 2 rings (SSSR count). The van der Waals surface area contributed by atoms with Crippen molar-refractivity contribution in [3.63, 3.8) is 0 Å². The van der Waals surface area contributed by atoms with Crippen LogP contribution in [0.5, 0.6) is 0 Å². The summed E-state index contributed by atoms with van der Waals surface area (Å²) in [5, 5.41) is 4.00. The number of nitrogens with one attached hydrogen (secondary N) is 1. The van der Waals surface area contributed by atoms with Gasteiger partial charge >= 0.3 is 0 Å². The van der Waals surface area contributed by atoms with Crippen molar-refractivity contribution in [1.82, 2.24) is 10.2 Å². The quantitative estimate of drug-likeness (QED) is 0.588.